The third-order valence-corrected chi connectivity index (χ3v) is 4.79. The van der Waals surface area contributed by atoms with Gasteiger partial charge >= 0.3 is 0 Å². The predicted octanol–water partition coefficient (Wildman–Crippen LogP) is 3.24. The number of hydrogen-bond acceptors (Lipinski definition) is 3. The minimum absolute atomic E-state index is 0.272. The first-order valence-electron chi connectivity index (χ1n) is 7.18. The van der Waals surface area contributed by atoms with E-state index >= 15 is 0 Å². The summed E-state index contributed by atoms with van der Waals surface area (Å²) < 4.78 is 11.4. The maximum atomic E-state index is 6.18. The monoisotopic (exact) mass is 263 g/mol. The zero-order chi connectivity index (χ0) is 13.9. The molecule has 0 aromatic heterocycles. The molecule has 0 aliphatic heterocycles. The molecule has 0 radical (unpaired) electrons. The van der Waals surface area contributed by atoms with E-state index in [1.165, 1.54) is 0 Å². The molecule has 1 aliphatic rings. The molecule has 0 saturated heterocycles. The van der Waals surface area contributed by atoms with Crippen LogP contribution in [0.2, 0.25) is 0 Å². The second-order valence-corrected chi connectivity index (χ2v) is 5.30. The predicted molar refractivity (Wildman–Crippen MR) is 77.9 cm³/mol. The number of ether oxygens (including phenoxy) is 2. The number of benzene rings is 1. The van der Waals surface area contributed by atoms with Crippen LogP contribution in [0.25, 0.3) is 0 Å². The van der Waals surface area contributed by atoms with E-state index in [0.717, 1.165) is 30.8 Å². The van der Waals surface area contributed by atoms with E-state index < -0.39 is 0 Å². The number of methoxy groups -OCH3 is 1. The molecular formula is C16H25NO2. The highest BCUT2D eigenvalue weighted by Gasteiger charge is 2.53. The molecule has 19 heavy (non-hydrogen) atoms. The molecule has 1 fully saturated rings. The van der Waals surface area contributed by atoms with Crippen molar-refractivity contribution in [1.82, 2.24) is 5.32 Å². The molecule has 3 nitrogen and oxygen atoms in total. The van der Waals surface area contributed by atoms with Crippen LogP contribution in [0, 0.1) is 5.41 Å². The largest absolute Gasteiger partial charge is 0.497 e. The molecule has 0 amide bonds. The van der Waals surface area contributed by atoms with Crippen molar-refractivity contribution in [1.29, 1.82) is 0 Å². The fourth-order valence-corrected chi connectivity index (χ4v) is 3.33. The van der Waals surface area contributed by atoms with Gasteiger partial charge in [-0.3, -0.25) is 0 Å². The Bertz CT molecular complexity index is 398. The SMILES string of the molecule is CCC1(CC)C(NC)CC1Oc1ccc(OC)cc1. The Hall–Kier alpha value is -1.22. The Morgan fingerprint density at radius 1 is 1.16 bits per heavy atom. The van der Waals surface area contributed by atoms with Crippen LogP contribution in [-0.2, 0) is 0 Å². The van der Waals surface area contributed by atoms with E-state index in [4.69, 9.17) is 9.47 Å². The van der Waals surface area contributed by atoms with Crippen LogP contribution >= 0.6 is 0 Å². The first-order chi connectivity index (χ1) is 9.20. The van der Waals surface area contributed by atoms with Crippen molar-refractivity contribution in [2.75, 3.05) is 14.2 Å². The van der Waals surface area contributed by atoms with Crippen molar-refractivity contribution >= 4 is 0 Å². The fourth-order valence-electron chi connectivity index (χ4n) is 3.33. The molecule has 0 heterocycles. The van der Waals surface area contributed by atoms with Crippen LogP contribution in [0.3, 0.4) is 0 Å². The molecule has 106 valence electrons. The topological polar surface area (TPSA) is 30.5 Å². The van der Waals surface area contributed by atoms with Gasteiger partial charge in [-0.2, -0.15) is 0 Å². The molecule has 1 N–H and O–H groups in total. The Balaban J connectivity index is 2.06. The van der Waals surface area contributed by atoms with E-state index in [9.17, 15) is 0 Å². The van der Waals surface area contributed by atoms with Crippen molar-refractivity contribution in [3.63, 3.8) is 0 Å². The van der Waals surface area contributed by atoms with E-state index in [-0.39, 0.29) is 5.41 Å². The Morgan fingerprint density at radius 2 is 1.74 bits per heavy atom. The van der Waals surface area contributed by atoms with Crippen molar-refractivity contribution in [2.24, 2.45) is 5.41 Å². The molecule has 1 aromatic carbocycles. The summed E-state index contributed by atoms with van der Waals surface area (Å²) in [6.07, 6.45) is 3.70. The van der Waals surface area contributed by atoms with Crippen molar-refractivity contribution in [3.8, 4) is 11.5 Å². The van der Waals surface area contributed by atoms with Crippen LogP contribution in [0.1, 0.15) is 33.1 Å². The van der Waals surface area contributed by atoms with Gasteiger partial charge in [-0.05, 0) is 44.2 Å². The third-order valence-electron chi connectivity index (χ3n) is 4.79. The highest BCUT2D eigenvalue weighted by Crippen LogP contribution is 2.48. The lowest BCUT2D eigenvalue weighted by molar-refractivity contribution is -0.0835. The zero-order valence-corrected chi connectivity index (χ0v) is 12.4. The van der Waals surface area contributed by atoms with Crippen LogP contribution in [-0.4, -0.2) is 26.3 Å². The van der Waals surface area contributed by atoms with Gasteiger partial charge in [0.25, 0.3) is 0 Å². The van der Waals surface area contributed by atoms with Crippen molar-refractivity contribution in [2.45, 2.75) is 45.3 Å². The van der Waals surface area contributed by atoms with Gasteiger partial charge in [0.15, 0.2) is 0 Å². The first-order valence-corrected chi connectivity index (χ1v) is 7.18. The van der Waals surface area contributed by atoms with Crippen LogP contribution < -0.4 is 14.8 Å². The van der Waals surface area contributed by atoms with Crippen LogP contribution in [0.15, 0.2) is 24.3 Å². The van der Waals surface area contributed by atoms with Crippen molar-refractivity contribution in [3.05, 3.63) is 24.3 Å². The average Bonchev–Trinajstić information content (AvgIpc) is 2.45. The summed E-state index contributed by atoms with van der Waals surface area (Å²) in [4.78, 5) is 0. The highest BCUT2D eigenvalue weighted by molar-refractivity contribution is 5.31. The van der Waals surface area contributed by atoms with Gasteiger partial charge in [-0.15, -0.1) is 0 Å². The van der Waals surface area contributed by atoms with E-state index in [1.54, 1.807) is 7.11 Å². The van der Waals surface area contributed by atoms with Gasteiger partial charge in [-0.1, -0.05) is 13.8 Å². The molecule has 0 bridgehead atoms. The van der Waals surface area contributed by atoms with Gasteiger partial charge in [0, 0.05) is 17.9 Å². The van der Waals surface area contributed by atoms with Gasteiger partial charge in [-0.25, -0.2) is 0 Å². The quantitative estimate of drug-likeness (QED) is 0.854. The normalized spacial score (nSPS) is 24.6. The smallest absolute Gasteiger partial charge is 0.120 e. The van der Waals surface area contributed by atoms with Gasteiger partial charge in [0.05, 0.1) is 7.11 Å². The Labute approximate surface area is 116 Å². The van der Waals surface area contributed by atoms with E-state index in [2.05, 4.69) is 19.2 Å². The van der Waals surface area contributed by atoms with E-state index in [0.29, 0.717) is 12.1 Å². The Kier molecular flexibility index (Phi) is 4.35. The van der Waals surface area contributed by atoms with Crippen molar-refractivity contribution < 1.29 is 9.47 Å². The maximum Gasteiger partial charge on any atom is 0.120 e. The van der Waals surface area contributed by atoms with Gasteiger partial charge < -0.3 is 14.8 Å². The summed E-state index contributed by atoms with van der Waals surface area (Å²) in [5.74, 6) is 1.80. The van der Waals surface area contributed by atoms with Gasteiger partial charge in [0.2, 0.25) is 0 Å². The molecule has 1 aromatic rings. The molecule has 2 rings (SSSR count). The summed E-state index contributed by atoms with van der Waals surface area (Å²) in [6.45, 7) is 4.52. The minimum Gasteiger partial charge on any atom is -0.497 e. The fraction of sp³-hybridized carbons (Fsp3) is 0.625. The number of nitrogens with one attached hydrogen (secondary N) is 1. The molecule has 0 spiro atoms. The second kappa shape index (κ2) is 5.83. The molecule has 1 aliphatic carbocycles. The lowest BCUT2D eigenvalue weighted by atomic mass is 9.58. The number of hydrogen-bond donors (Lipinski definition) is 1. The standard InChI is InChI=1S/C16H25NO2/c1-5-16(6-2)14(17-3)11-15(16)19-13-9-7-12(18-4)8-10-13/h7-10,14-15,17H,5-6,11H2,1-4H3. The van der Waals surface area contributed by atoms with E-state index in [1.807, 2.05) is 31.3 Å². The zero-order valence-electron chi connectivity index (χ0n) is 12.4. The maximum absolute atomic E-state index is 6.18. The molecule has 1 saturated carbocycles. The summed E-state index contributed by atoms with van der Waals surface area (Å²) in [5.41, 5.74) is 0.272. The van der Waals surface area contributed by atoms with Crippen LogP contribution in [0.5, 0.6) is 11.5 Å². The summed E-state index contributed by atoms with van der Waals surface area (Å²) >= 11 is 0. The molecule has 3 heteroatoms. The lowest BCUT2D eigenvalue weighted by Crippen LogP contribution is -2.63. The second-order valence-electron chi connectivity index (χ2n) is 5.30. The molecule has 2 unspecified atom stereocenters. The minimum atomic E-state index is 0.272. The lowest BCUT2D eigenvalue weighted by Gasteiger charge is -2.55. The average molecular weight is 263 g/mol. The molecular weight excluding hydrogens is 238 g/mol. The highest BCUT2D eigenvalue weighted by atomic mass is 16.5. The molecule has 2 atom stereocenters. The Morgan fingerprint density at radius 3 is 2.21 bits per heavy atom. The first kappa shape index (κ1) is 14.2. The van der Waals surface area contributed by atoms with Crippen LogP contribution in [0.4, 0.5) is 0 Å². The summed E-state index contributed by atoms with van der Waals surface area (Å²) in [5, 5.41) is 3.43. The van der Waals surface area contributed by atoms with Gasteiger partial charge in [0.1, 0.15) is 17.6 Å². The summed E-state index contributed by atoms with van der Waals surface area (Å²) in [7, 11) is 3.73. The third kappa shape index (κ3) is 2.44. The number of rotatable bonds is 6. The summed E-state index contributed by atoms with van der Waals surface area (Å²) in [6, 6.07) is 8.45.